The van der Waals surface area contributed by atoms with Gasteiger partial charge < -0.3 is 14.5 Å². The van der Waals surface area contributed by atoms with Gasteiger partial charge in [-0.3, -0.25) is 14.5 Å². The molecule has 2 saturated heterocycles. The lowest BCUT2D eigenvalue weighted by molar-refractivity contribution is -0.143. The number of hydrogen-bond donors (Lipinski definition) is 0. The first-order valence-corrected chi connectivity index (χ1v) is 10.5. The lowest BCUT2D eigenvalue weighted by Crippen LogP contribution is -2.50. The van der Waals surface area contributed by atoms with Gasteiger partial charge in [-0.15, -0.1) is 11.3 Å². The second-order valence-corrected chi connectivity index (χ2v) is 8.41. The van der Waals surface area contributed by atoms with Crippen LogP contribution < -0.4 is 0 Å². The molecule has 142 valence electrons. The molecule has 1 atom stereocenters. The highest BCUT2D eigenvalue weighted by molar-refractivity contribution is 7.10. The SMILES string of the molecule is O=C1CCC(C(=O)N2CCc3sccc3C2)CN1CCN1CCOCC1. The van der Waals surface area contributed by atoms with E-state index in [0.717, 1.165) is 58.9 Å². The Morgan fingerprint density at radius 3 is 2.88 bits per heavy atom. The number of amides is 2. The minimum atomic E-state index is -0.0439. The predicted molar refractivity (Wildman–Crippen MR) is 100 cm³/mol. The molecule has 0 spiro atoms. The molecular weight excluding hydrogens is 350 g/mol. The van der Waals surface area contributed by atoms with E-state index >= 15 is 0 Å². The number of rotatable bonds is 4. The summed E-state index contributed by atoms with van der Waals surface area (Å²) in [6.45, 7) is 7.12. The molecule has 7 heteroatoms. The van der Waals surface area contributed by atoms with Crippen molar-refractivity contribution in [3.63, 3.8) is 0 Å². The summed E-state index contributed by atoms with van der Waals surface area (Å²) in [7, 11) is 0. The lowest BCUT2D eigenvalue weighted by Gasteiger charge is -2.37. The highest BCUT2D eigenvalue weighted by Gasteiger charge is 2.34. The van der Waals surface area contributed by atoms with Crippen LogP contribution in [0.2, 0.25) is 0 Å². The number of likely N-dealkylation sites (tertiary alicyclic amines) is 1. The molecule has 0 N–H and O–H groups in total. The highest BCUT2D eigenvalue weighted by atomic mass is 32.1. The molecule has 6 nitrogen and oxygen atoms in total. The van der Waals surface area contributed by atoms with Crippen molar-refractivity contribution in [2.75, 3.05) is 52.5 Å². The molecule has 26 heavy (non-hydrogen) atoms. The van der Waals surface area contributed by atoms with E-state index in [9.17, 15) is 9.59 Å². The van der Waals surface area contributed by atoms with Gasteiger partial charge in [0.05, 0.1) is 19.1 Å². The smallest absolute Gasteiger partial charge is 0.227 e. The molecule has 0 aliphatic carbocycles. The number of ether oxygens (including phenoxy) is 1. The summed E-state index contributed by atoms with van der Waals surface area (Å²) in [6, 6.07) is 2.14. The predicted octanol–water partition coefficient (Wildman–Crippen LogP) is 1.20. The largest absolute Gasteiger partial charge is 0.379 e. The molecule has 2 amide bonds. The number of carbonyl (C=O) groups excluding carboxylic acids is 2. The van der Waals surface area contributed by atoms with Crippen molar-refractivity contribution < 1.29 is 14.3 Å². The molecule has 3 aliphatic rings. The molecular formula is C19H27N3O3S. The maximum atomic E-state index is 13.0. The zero-order valence-corrected chi connectivity index (χ0v) is 16.0. The Balaban J connectivity index is 1.32. The van der Waals surface area contributed by atoms with E-state index in [0.29, 0.717) is 19.4 Å². The Labute approximate surface area is 158 Å². The average molecular weight is 378 g/mol. The Morgan fingerprint density at radius 2 is 2.04 bits per heavy atom. The fourth-order valence-corrected chi connectivity index (χ4v) is 5.00. The van der Waals surface area contributed by atoms with Gasteiger partial charge in [-0.2, -0.15) is 0 Å². The van der Waals surface area contributed by atoms with Crippen LogP contribution in [0.25, 0.3) is 0 Å². The van der Waals surface area contributed by atoms with E-state index in [1.54, 1.807) is 11.3 Å². The van der Waals surface area contributed by atoms with Crippen LogP contribution in [0.1, 0.15) is 23.3 Å². The Morgan fingerprint density at radius 1 is 1.19 bits per heavy atom. The zero-order valence-electron chi connectivity index (χ0n) is 15.2. The lowest BCUT2D eigenvalue weighted by atomic mass is 9.95. The molecule has 0 bridgehead atoms. The molecule has 4 heterocycles. The number of carbonyl (C=O) groups is 2. The third-order valence-corrected chi connectivity index (χ3v) is 6.78. The quantitative estimate of drug-likeness (QED) is 0.791. The summed E-state index contributed by atoms with van der Waals surface area (Å²) in [6.07, 6.45) is 2.15. The van der Waals surface area contributed by atoms with Gasteiger partial charge in [-0.1, -0.05) is 0 Å². The van der Waals surface area contributed by atoms with Gasteiger partial charge in [0.2, 0.25) is 11.8 Å². The minimum absolute atomic E-state index is 0.0439. The number of thiophene rings is 1. The van der Waals surface area contributed by atoms with Crippen LogP contribution in [-0.2, 0) is 27.3 Å². The second kappa shape index (κ2) is 8.06. The summed E-state index contributed by atoms with van der Waals surface area (Å²) < 4.78 is 5.38. The Kier molecular flexibility index (Phi) is 5.57. The number of piperidine rings is 1. The van der Waals surface area contributed by atoms with Gasteiger partial charge in [0, 0.05) is 57.1 Å². The van der Waals surface area contributed by atoms with Gasteiger partial charge in [-0.05, 0) is 29.9 Å². The topological polar surface area (TPSA) is 53.1 Å². The van der Waals surface area contributed by atoms with Crippen LogP contribution in [0.15, 0.2) is 11.4 Å². The summed E-state index contributed by atoms with van der Waals surface area (Å²) in [5, 5.41) is 2.12. The number of hydrogen-bond acceptors (Lipinski definition) is 5. The monoisotopic (exact) mass is 377 g/mol. The number of nitrogens with zero attached hydrogens (tertiary/aromatic N) is 3. The maximum absolute atomic E-state index is 13.0. The van der Waals surface area contributed by atoms with Crippen molar-refractivity contribution in [2.24, 2.45) is 5.92 Å². The minimum Gasteiger partial charge on any atom is -0.379 e. The van der Waals surface area contributed by atoms with E-state index in [1.165, 1.54) is 10.4 Å². The van der Waals surface area contributed by atoms with E-state index in [2.05, 4.69) is 16.3 Å². The van der Waals surface area contributed by atoms with Crippen molar-refractivity contribution in [1.29, 1.82) is 0 Å². The highest BCUT2D eigenvalue weighted by Crippen LogP contribution is 2.27. The molecule has 2 fully saturated rings. The van der Waals surface area contributed by atoms with Gasteiger partial charge in [0.15, 0.2) is 0 Å². The van der Waals surface area contributed by atoms with Gasteiger partial charge in [0.1, 0.15) is 0 Å². The molecule has 0 aromatic carbocycles. The van der Waals surface area contributed by atoms with E-state index in [-0.39, 0.29) is 17.7 Å². The van der Waals surface area contributed by atoms with Crippen molar-refractivity contribution in [1.82, 2.24) is 14.7 Å². The third-order valence-electron chi connectivity index (χ3n) is 5.76. The van der Waals surface area contributed by atoms with Crippen LogP contribution in [0.5, 0.6) is 0 Å². The Hall–Kier alpha value is -1.44. The number of morpholine rings is 1. The molecule has 1 aromatic rings. The summed E-state index contributed by atoms with van der Waals surface area (Å²) in [5.41, 5.74) is 1.30. The van der Waals surface area contributed by atoms with Crippen LogP contribution in [0.4, 0.5) is 0 Å². The van der Waals surface area contributed by atoms with E-state index < -0.39 is 0 Å². The normalized spacial score (nSPS) is 24.6. The molecule has 4 rings (SSSR count). The molecule has 1 aromatic heterocycles. The first-order chi connectivity index (χ1) is 12.7. The summed E-state index contributed by atoms with van der Waals surface area (Å²) in [4.78, 5) is 33.0. The van der Waals surface area contributed by atoms with Crippen molar-refractivity contribution >= 4 is 23.2 Å². The average Bonchev–Trinajstić information content (AvgIpc) is 3.15. The van der Waals surface area contributed by atoms with E-state index in [1.807, 2.05) is 9.80 Å². The van der Waals surface area contributed by atoms with Gasteiger partial charge in [-0.25, -0.2) is 0 Å². The first kappa shape index (κ1) is 17.9. The van der Waals surface area contributed by atoms with E-state index in [4.69, 9.17) is 4.74 Å². The van der Waals surface area contributed by atoms with Crippen molar-refractivity contribution in [2.45, 2.75) is 25.8 Å². The van der Waals surface area contributed by atoms with Crippen LogP contribution in [0.3, 0.4) is 0 Å². The number of fused-ring (bicyclic) bond motifs is 1. The maximum Gasteiger partial charge on any atom is 0.227 e. The first-order valence-electron chi connectivity index (χ1n) is 9.62. The van der Waals surface area contributed by atoms with Crippen molar-refractivity contribution in [3.8, 4) is 0 Å². The van der Waals surface area contributed by atoms with Crippen molar-refractivity contribution in [3.05, 3.63) is 21.9 Å². The van der Waals surface area contributed by atoms with Gasteiger partial charge >= 0.3 is 0 Å². The summed E-state index contributed by atoms with van der Waals surface area (Å²) >= 11 is 1.79. The molecule has 0 radical (unpaired) electrons. The Bertz CT molecular complexity index is 656. The molecule has 1 unspecified atom stereocenters. The second-order valence-electron chi connectivity index (χ2n) is 7.41. The third kappa shape index (κ3) is 3.94. The fraction of sp³-hybridized carbons (Fsp3) is 0.684. The van der Waals surface area contributed by atoms with Crippen LogP contribution >= 0.6 is 11.3 Å². The molecule has 0 saturated carbocycles. The van der Waals surface area contributed by atoms with Crippen LogP contribution in [-0.4, -0.2) is 79.0 Å². The fourth-order valence-electron chi connectivity index (χ4n) is 4.11. The molecule has 3 aliphatic heterocycles. The van der Waals surface area contributed by atoms with Crippen LogP contribution in [0, 0.1) is 5.92 Å². The summed E-state index contributed by atoms with van der Waals surface area (Å²) in [5.74, 6) is 0.379. The standard InChI is InChI=1S/C19H27N3O3S/c23-18-2-1-16(14-21(18)7-6-20-8-10-25-11-9-20)19(24)22-5-3-17-15(13-22)4-12-26-17/h4,12,16H,1-3,5-11,13-14H2. The van der Waals surface area contributed by atoms with Gasteiger partial charge in [0.25, 0.3) is 0 Å². The zero-order chi connectivity index (χ0) is 17.9.